The maximum Gasteiger partial charge on any atom is 0.347 e. The molecule has 2 aliphatic rings. The summed E-state index contributed by atoms with van der Waals surface area (Å²) in [5, 5.41) is 5.51. The van der Waals surface area contributed by atoms with Crippen molar-refractivity contribution in [1.29, 1.82) is 0 Å². The number of imide groups is 1. The number of hydrogen-bond acceptors (Lipinski definition) is 4. The molecule has 3 rings (SSSR count). The van der Waals surface area contributed by atoms with Crippen LogP contribution in [0.3, 0.4) is 0 Å². The molecule has 6 nitrogen and oxygen atoms in total. The fourth-order valence-corrected chi connectivity index (χ4v) is 3.02. The first-order valence-electron chi connectivity index (χ1n) is 8.72. The first-order chi connectivity index (χ1) is 12.1. The normalized spacial score (nSPS) is 18.7. The molecule has 1 aromatic rings. The van der Waals surface area contributed by atoms with Gasteiger partial charge in [-0.05, 0) is 24.6 Å². The van der Waals surface area contributed by atoms with E-state index in [4.69, 9.17) is 4.74 Å². The number of rotatable bonds is 6. The number of benzene rings is 1. The highest BCUT2D eigenvalue weighted by atomic mass is 19.1. The van der Waals surface area contributed by atoms with E-state index in [0.29, 0.717) is 36.6 Å². The van der Waals surface area contributed by atoms with Crippen molar-refractivity contribution >= 4 is 17.6 Å². The first kappa shape index (κ1) is 17.4. The van der Waals surface area contributed by atoms with E-state index in [2.05, 4.69) is 12.0 Å². The van der Waals surface area contributed by atoms with Crippen LogP contribution in [0.1, 0.15) is 44.6 Å². The Hall–Kier alpha value is -2.44. The van der Waals surface area contributed by atoms with E-state index < -0.39 is 11.8 Å². The third-order valence-corrected chi connectivity index (χ3v) is 4.36. The number of ether oxygens (including phenoxy) is 1. The average molecular weight is 347 g/mol. The molecule has 0 spiro atoms. The van der Waals surface area contributed by atoms with Crippen molar-refractivity contribution < 1.29 is 18.7 Å². The topological polar surface area (TPSA) is 62.2 Å². The number of carbonyl (C=O) groups is 2. The molecule has 1 fully saturated rings. The molecule has 2 aliphatic heterocycles. The second-order valence-corrected chi connectivity index (χ2v) is 6.23. The van der Waals surface area contributed by atoms with Crippen LogP contribution in [0, 0.1) is 5.82 Å². The SMILES string of the molecule is CCCCCCN1C(=O)CN(/N=C2\CCOc3ccc(F)cc32)C1=O. The highest BCUT2D eigenvalue weighted by Gasteiger charge is 2.36. The molecule has 1 aromatic carbocycles. The Morgan fingerprint density at radius 3 is 2.88 bits per heavy atom. The van der Waals surface area contributed by atoms with E-state index in [9.17, 15) is 14.0 Å². The Morgan fingerprint density at radius 1 is 1.24 bits per heavy atom. The minimum atomic E-state index is -0.404. The monoisotopic (exact) mass is 347 g/mol. The van der Waals surface area contributed by atoms with Crippen LogP contribution in [-0.2, 0) is 4.79 Å². The molecule has 0 N–H and O–H groups in total. The van der Waals surface area contributed by atoms with E-state index in [1.165, 1.54) is 22.0 Å². The summed E-state index contributed by atoms with van der Waals surface area (Å²) in [6, 6.07) is 3.82. The van der Waals surface area contributed by atoms with Gasteiger partial charge in [0.2, 0.25) is 0 Å². The summed E-state index contributed by atoms with van der Waals surface area (Å²) in [4.78, 5) is 25.8. The van der Waals surface area contributed by atoms with Crippen LogP contribution < -0.4 is 4.74 Å². The van der Waals surface area contributed by atoms with Crippen LogP contribution in [0.4, 0.5) is 9.18 Å². The van der Waals surface area contributed by atoms with E-state index >= 15 is 0 Å². The van der Waals surface area contributed by atoms with Gasteiger partial charge in [0.25, 0.3) is 5.91 Å². The predicted octanol–water partition coefficient (Wildman–Crippen LogP) is 3.16. The number of amides is 3. The van der Waals surface area contributed by atoms with Gasteiger partial charge >= 0.3 is 6.03 Å². The maximum atomic E-state index is 13.5. The Labute approximate surface area is 146 Å². The van der Waals surface area contributed by atoms with E-state index in [1.54, 1.807) is 6.07 Å². The molecular formula is C18H22FN3O3. The van der Waals surface area contributed by atoms with Gasteiger partial charge in [-0.2, -0.15) is 5.10 Å². The van der Waals surface area contributed by atoms with Gasteiger partial charge in [0, 0.05) is 18.5 Å². The molecule has 0 radical (unpaired) electrons. The van der Waals surface area contributed by atoms with E-state index in [0.717, 1.165) is 25.7 Å². The minimum Gasteiger partial charge on any atom is -0.492 e. The Bertz CT molecular complexity index is 705. The number of nitrogens with zero attached hydrogens (tertiary/aromatic N) is 3. The maximum absolute atomic E-state index is 13.5. The summed E-state index contributed by atoms with van der Waals surface area (Å²) in [7, 11) is 0. The summed E-state index contributed by atoms with van der Waals surface area (Å²) >= 11 is 0. The fourth-order valence-electron chi connectivity index (χ4n) is 3.02. The van der Waals surface area contributed by atoms with Gasteiger partial charge in [0.1, 0.15) is 18.1 Å². The van der Waals surface area contributed by atoms with Gasteiger partial charge in [-0.1, -0.05) is 26.2 Å². The van der Waals surface area contributed by atoms with Crippen molar-refractivity contribution in [2.24, 2.45) is 5.10 Å². The third kappa shape index (κ3) is 3.81. The molecule has 0 bridgehead atoms. The Balaban J connectivity index is 1.73. The lowest BCUT2D eigenvalue weighted by Crippen LogP contribution is -2.32. The summed E-state index contributed by atoms with van der Waals surface area (Å²) in [6.45, 7) is 2.88. The molecule has 0 unspecified atom stereocenters. The second kappa shape index (κ2) is 7.63. The molecule has 7 heteroatoms. The van der Waals surface area contributed by atoms with Crippen molar-refractivity contribution in [3.05, 3.63) is 29.6 Å². The minimum absolute atomic E-state index is 0.0678. The second-order valence-electron chi connectivity index (χ2n) is 6.23. The highest BCUT2D eigenvalue weighted by molar-refractivity contribution is 6.06. The van der Waals surface area contributed by atoms with Gasteiger partial charge in [-0.3, -0.25) is 9.69 Å². The number of carbonyl (C=O) groups excluding carboxylic acids is 2. The van der Waals surface area contributed by atoms with Gasteiger partial charge in [-0.15, -0.1) is 0 Å². The number of fused-ring (bicyclic) bond motifs is 1. The highest BCUT2D eigenvalue weighted by Crippen LogP contribution is 2.26. The van der Waals surface area contributed by atoms with Crippen molar-refractivity contribution in [2.75, 3.05) is 19.7 Å². The number of urea groups is 1. The van der Waals surface area contributed by atoms with Crippen LogP contribution in [-0.4, -0.2) is 47.3 Å². The molecular weight excluding hydrogens is 325 g/mol. The number of hydrogen-bond donors (Lipinski definition) is 0. The Kier molecular flexibility index (Phi) is 5.31. The van der Waals surface area contributed by atoms with E-state index in [-0.39, 0.29) is 12.5 Å². The molecule has 3 amide bonds. The molecule has 0 aromatic heterocycles. The lowest BCUT2D eigenvalue weighted by molar-refractivity contribution is -0.125. The van der Waals surface area contributed by atoms with Crippen LogP contribution in [0.2, 0.25) is 0 Å². The van der Waals surface area contributed by atoms with Crippen molar-refractivity contribution in [2.45, 2.75) is 39.0 Å². The van der Waals surface area contributed by atoms with Crippen molar-refractivity contribution in [3.63, 3.8) is 0 Å². The smallest absolute Gasteiger partial charge is 0.347 e. The zero-order chi connectivity index (χ0) is 17.8. The summed E-state index contributed by atoms with van der Waals surface area (Å²) in [5.41, 5.74) is 1.10. The van der Waals surface area contributed by atoms with Gasteiger partial charge in [0.15, 0.2) is 0 Å². The summed E-state index contributed by atoms with van der Waals surface area (Å²) < 4.78 is 19.0. The lowest BCUT2D eigenvalue weighted by atomic mass is 10.0. The largest absolute Gasteiger partial charge is 0.492 e. The quantitative estimate of drug-likeness (QED) is 0.587. The number of hydrazone groups is 1. The van der Waals surface area contributed by atoms with Gasteiger partial charge in [-0.25, -0.2) is 14.2 Å². The van der Waals surface area contributed by atoms with Gasteiger partial charge < -0.3 is 4.74 Å². The molecule has 25 heavy (non-hydrogen) atoms. The predicted molar refractivity (Wildman–Crippen MR) is 91.0 cm³/mol. The summed E-state index contributed by atoms with van der Waals surface area (Å²) in [5.74, 6) is -0.0866. The number of halogens is 1. The van der Waals surface area contributed by atoms with Gasteiger partial charge in [0.05, 0.1) is 12.3 Å². The fraction of sp³-hybridized carbons (Fsp3) is 0.500. The van der Waals surface area contributed by atoms with Crippen LogP contribution in [0.5, 0.6) is 5.75 Å². The molecule has 0 aliphatic carbocycles. The van der Waals surface area contributed by atoms with Crippen LogP contribution in [0.15, 0.2) is 23.3 Å². The zero-order valence-electron chi connectivity index (χ0n) is 14.3. The zero-order valence-corrected chi connectivity index (χ0v) is 14.3. The first-order valence-corrected chi connectivity index (χ1v) is 8.72. The summed E-state index contributed by atoms with van der Waals surface area (Å²) in [6.07, 6.45) is 4.44. The molecule has 2 heterocycles. The molecule has 0 saturated carbocycles. The third-order valence-electron chi connectivity index (χ3n) is 4.36. The molecule has 1 saturated heterocycles. The van der Waals surface area contributed by atoms with Crippen molar-refractivity contribution in [3.8, 4) is 5.75 Å². The molecule has 134 valence electrons. The van der Waals surface area contributed by atoms with Crippen LogP contribution in [0.25, 0.3) is 0 Å². The Morgan fingerprint density at radius 2 is 2.08 bits per heavy atom. The van der Waals surface area contributed by atoms with Crippen molar-refractivity contribution in [1.82, 2.24) is 9.91 Å². The van der Waals surface area contributed by atoms with Crippen LogP contribution >= 0.6 is 0 Å². The standard InChI is InChI=1S/C18H22FN3O3/c1-2-3-4-5-9-21-17(23)12-22(18(21)24)20-15-8-10-25-16-7-6-13(19)11-14(15)16/h6-7,11H,2-5,8-10,12H2,1H3/b20-15+. The van der Waals surface area contributed by atoms with E-state index in [1.807, 2.05) is 0 Å². The molecule has 0 atom stereocenters. The number of unbranched alkanes of at least 4 members (excludes halogenated alkanes) is 3. The lowest BCUT2D eigenvalue weighted by Gasteiger charge is -2.20. The average Bonchev–Trinajstić information content (AvgIpc) is 2.86.